The Bertz CT molecular complexity index is 859. The fourth-order valence-corrected chi connectivity index (χ4v) is 4.79. The Kier molecular flexibility index (Phi) is 4.67. The Balaban J connectivity index is 1.98. The van der Waals surface area contributed by atoms with Crippen molar-refractivity contribution in [2.24, 2.45) is 0 Å². The standard InChI is InChI=1S/C18H18N2O3S/c1-14-18(15-7-3-2-4-8-15)23-12-11-20(14)24(21,22)17-10-6-5-9-16(17)13-19/h2-10,14,18H,11-12H2,1H3. The van der Waals surface area contributed by atoms with Crippen LogP contribution in [-0.2, 0) is 14.8 Å². The van der Waals surface area contributed by atoms with Gasteiger partial charge in [0.2, 0.25) is 10.0 Å². The van der Waals surface area contributed by atoms with Gasteiger partial charge in [0.15, 0.2) is 0 Å². The average Bonchev–Trinajstić information content (AvgIpc) is 2.62. The zero-order valence-electron chi connectivity index (χ0n) is 13.3. The van der Waals surface area contributed by atoms with Crippen molar-refractivity contribution in [3.05, 3.63) is 65.7 Å². The zero-order valence-corrected chi connectivity index (χ0v) is 14.1. The molecule has 0 aromatic heterocycles. The van der Waals surface area contributed by atoms with Gasteiger partial charge in [0.1, 0.15) is 6.07 Å². The first-order valence-corrected chi connectivity index (χ1v) is 9.17. The van der Waals surface area contributed by atoms with Crippen molar-refractivity contribution in [2.75, 3.05) is 13.2 Å². The Labute approximate surface area is 142 Å². The minimum atomic E-state index is -3.76. The summed E-state index contributed by atoms with van der Waals surface area (Å²) < 4.78 is 33.4. The molecule has 0 radical (unpaired) electrons. The van der Waals surface area contributed by atoms with Gasteiger partial charge in [-0.3, -0.25) is 0 Å². The number of rotatable bonds is 3. The van der Waals surface area contributed by atoms with Gasteiger partial charge in [-0.15, -0.1) is 0 Å². The lowest BCUT2D eigenvalue weighted by molar-refractivity contribution is -0.0361. The summed E-state index contributed by atoms with van der Waals surface area (Å²) in [5.74, 6) is 0. The maximum atomic E-state index is 13.1. The Morgan fingerprint density at radius 2 is 1.79 bits per heavy atom. The van der Waals surface area contributed by atoms with Gasteiger partial charge in [-0.25, -0.2) is 8.42 Å². The van der Waals surface area contributed by atoms with Gasteiger partial charge in [0.05, 0.1) is 29.2 Å². The molecule has 1 aliphatic heterocycles. The van der Waals surface area contributed by atoms with Crippen LogP contribution in [0, 0.1) is 11.3 Å². The molecule has 1 fully saturated rings. The van der Waals surface area contributed by atoms with Gasteiger partial charge in [-0.05, 0) is 24.6 Å². The lowest BCUT2D eigenvalue weighted by Gasteiger charge is -2.38. The third-order valence-electron chi connectivity index (χ3n) is 4.22. The first kappa shape index (κ1) is 16.7. The van der Waals surface area contributed by atoms with Crippen molar-refractivity contribution in [2.45, 2.75) is 24.0 Å². The molecule has 2 aromatic rings. The van der Waals surface area contributed by atoms with Crippen molar-refractivity contribution in [3.63, 3.8) is 0 Å². The van der Waals surface area contributed by atoms with E-state index >= 15 is 0 Å². The molecule has 5 nitrogen and oxygen atoms in total. The molecule has 0 bridgehead atoms. The Morgan fingerprint density at radius 3 is 2.50 bits per heavy atom. The van der Waals surface area contributed by atoms with Crippen LogP contribution in [0.4, 0.5) is 0 Å². The summed E-state index contributed by atoms with van der Waals surface area (Å²) in [5.41, 5.74) is 1.10. The van der Waals surface area contributed by atoms with Crippen molar-refractivity contribution in [3.8, 4) is 6.07 Å². The minimum absolute atomic E-state index is 0.0491. The SMILES string of the molecule is CC1C(c2ccccc2)OCCN1S(=O)(=O)c1ccccc1C#N. The minimum Gasteiger partial charge on any atom is -0.370 e. The molecule has 0 N–H and O–H groups in total. The highest BCUT2D eigenvalue weighted by molar-refractivity contribution is 7.89. The molecule has 24 heavy (non-hydrogen) atoms. The number of hydrogen-bond acceptors (Lipinski definition) is 4. The third kappa shape index (κ3) is 2.94. The quantitative estimate of drug-likeness (QED) is 0.860. The lowest BCUT2D eigenvalue weighted by atomic mass is 10.0. The monoisotopic (exact) mass is 342 g/mol. The largest absolute Gasteiger partial charge is 0.370 e. The van der Waals surface area contributed by atoms with Gasteiger partial charge in [-0.2, -0.15) is 9.57 Å². The van der Waals surface area contributed by atoms with Crippen LogP contribution in [0.25, 0.3) is 0 Å². The highest BCUT2D eigenvalue weighted by Crippen LogP contribution is 2.32. The van der Waals surface area contributed by atoms with Crippen LogP contribution < -0.4 is 0 Å². The maximum absolute atomic E-state index is 13.1. The smallest absolute Gasteiger partial charge is 0.244 e. The molecule has 0 aliphatic carbocycles. The molecule has 0 spiro atoms. The number of benzene rings is 2. The van der Waals surface area contributed by atoms with E-state index in [1.807, 2.05) is 43.3 Å². The molecular formula is C18H18N2O3S. The number of hydrogen-bond donors (Lipinski definition) is 0. The highest BCUT2D eigenvalue weighted by atomic mass is 32.2. The average molecular weight is 342 g/mol. The summed E-state index contributed by atoms with van der Waals surface area (Å²) in [6, 6.07) is 17.5. The second kappa shape index (κ2) is 6.73. The molecule has 2 aromatic carbocycles. The van der Waals surface area contributed by atoms with Crippen LogP contribution in [0.15, 0.2) is 59.5 Å². The van der Waals surface area contributed by atoms with Crippen molar-refractivity contribution in [1.29, 1.82) is 5.26 Å². The van der Waals surface area contributed by atoms with Crippen molar-refractivity contribution < 1.29 is 13.2 Å². The number of sulfonamides is 1. The van der Waals surface area contributed by atoms with Crippen molar-refractivity contribution >= 4 is 10.0 Å². The summed E-state index contributed by atoms with van der Waals surface area (Å²) >= 11 is 0. The number of morpholine rings is 1. The van der Waals surface area contributed by atoms with E-state index in [-0.39, 0.29) is 29.1 Å². The first-order chi connectivity index (χ1) is 11.6. The van der Waals surface area contributed by atoms with Crippen molar-refractivity contribution in [1.82, 2.24) is 4.31 Å². The van der Waals surface area contributed by atoms with Gasteiger partial charge < -0.3 is 4.74 Å². The van der Waals surface area contributed by atoms with Crippen LogP contribution >= 0.6 is 0 Å². The highest BCUT2D eigenvalue weighted by Gasteiger charge is 2.38. The predicted molar refractivity (Wildman–Crippen MR) is 89.6 cm³/mol. The Morgan fingerprint density at radius 1 is 1.12 bits per heavy atom. The fourth-order valence-electron chi connectivity index (χ4n) is 3.03. The zero-order chi connectivity index (χ0) is 17.2. The van der Waals surface area contributed by atoms with Gasteiger partial charge in [0, 0.05) is 6.54 Å². The van der Waals surface area contributed by atoms with E-state index in [0.717, 1.165) is 5.56 Å². The molecule has 2 unspecified atom stereocenters. The van der Waals surface area contributed by atoms with Crippen LogP contribution in [0.3, 0.4) is 0 Å². The molecule has 2 atom stereocenters. The Hall–Kier alpha value is -2.20. The molecule has 6 heteroatoms. The van der Waals surface area contributed by atoms with Crippen LogP contribution in [-0.4, -0.2) is 31.9 Å². The van der Waals surface area contributed by atoms with E-state index in [0.29, 0.717) is 6.61 Å². The summed E-state index contributed by atoms with van der Waals surface area (Å²) in [7, 11) is -3.76. The summed E-state index contributed by atoms with van der Waals surface area (Å²) in [6.45, 7) is 2.42. The number of nitriles is 1. The van der Waals surface area contributed by atoms with Crippen LogP contribution in [0.2, 0.25) is 0 Å². The number of ether oxygens (including phenoxy) is 1. The molecule has 0 saturated carbocycles. The van der Waals surface area contributed by atoms with Gasteiger partial charge in [-0.1, -0.05) is 42.5 Å². The molecule has 124 valence electrons. The lowest BCUT2D eigenvalue weighted by Crippen LogP contribution is -2.48. The summed E-state index contributed by atoms with van der Waals surface area (Å²) in [6.07, 6.45) is -0.330. The topological polar surface area (TPSA) is 70.4 Å². The van der Waals surface area contributed by atoms with E-state index in [4.69, 9.17) is 4.74 Å². The molecule has 0 amide bonds. The normalized spacial score (nSPS) is 22.0. The van der Waals surface area contributed by atoms with Gasteiger partial charge >= 0.3 is 0 Å². The van der Waals surface area contributed by atoms with Crippen LogP contribution in [0.1, 0.15) is 24.2 Å². The van der Waals surface area contributed by atoms with E-state index in [9.17, 15) is 13.7 Å². The van der Waals surface area contributed by atoms with E-state index in [2.05, 4.69) is 0 Å². The summed E-state index contributed by atoms with van der Waals surface area (Å²) in [5, 5.41) is 9.22. The number of nitrogens with zero attached hydrogens (tertiary/aromatic N) is 2. The summed E-state index contributed by atoms with van der Waals surface area (Å²) in [4.78, 5) is 0.0491. The fraction of sp³-hybridized carbons (Fsp3) is 0.278. The molecular weight excluding hydrogens is 324 g/mol. The maximum Gasteiger partial charge on any atom is 0.244 e. The molecule has 3 rings (SSSR count). The third-order valence-corrected chi connectivity index (χ3v) is 6.27. The predicted octanol–water partition coefficient (Wildman–Crippen LogP) is 2.71. The van der Waals surface area contributed by atoms with E-state index in [1.165, 1.54) is 16.4 Å². The second-order valence-corrected chi connectivity index (χ2v) is 7.53. The van der Waals surface area contributed by atoms with Crippen LogP contribution in [0.5, 0.6) is 0 Å². The molecule has 1 aliphatic rings. The van der Waals surface area contributed by atoms with Gasteiger partial charge in [0.25, 0.3) is 0 Å². The molecule has 1 heterocycles. The first-order valence-electron chi connectivity index (χ1n) is 7.73. The second-order valence-electron chi connectivity index (χ2n) is 5.67. The van der Waals surface area contributed by atoms with E-state index < -0.39 is 10.0 Å². The van der Waals surface area contributed by atoms with E-state index in [1.54, 1.807) is 12.1 Å². The molecule has 1 saturated heterocycles.